The zero-order valence-corrected chi connectivity index (χ0v) is 11.4. The summed E-state index contributed by atoms with van der Waals surface area (Å²) in [6.45, 7) is 0.608. The largest absolute Gasteiger partial charge is 0.293 e. The molecule has 1 aliphatic rings. The fourth-order valence-electron chi connectivity index (χ4n) is 2.09. The van der Waals surface area contributed by atoms with Crippen LogP contribution in [0.2, 0.25) is 0 Å². The lowest BCUT2D eigenvalue weighted by Gasteiger charge is -2.32. The molecule has 2 rings (SSSR count). The van der Waals surface area contributed by atoms with Crippen LogP contribution in [0.25, 0.3) is 0 Å². The number of likely N-dealkylation sites (tertiary alicyclic amines) is 1. The van der Waals surface area contributed by atoms with E-state index in [4.69, 9.17) is 0 Å². The highest BCUT2D eigenvalue weighted by Crippen LogP contribution is 2.27. The van der Waals surface area contributed by atoms with Crippen LogP contribution in [-0.4, -0.2) is 23.9 Å². The van der Waals surface area contributed by atoms with Gasteiger partial charge in [0.25, 0.3) is 5.92 Å². The Balaban J connectivity index is 2.07. The van der Waals surface area contributed by atoms with Gasteiger partial charge in [-0.25, -0.2) is 13.2 Å². The molecule has 0 atom stereocenters. The van der Waals surface area contributed by atoms with Crippen molar-refractivity contribution in [1.82, 2.24) is 4.90 Å². The Bertz CT molecular complexity index is 409. The van der Waals surface area contributed by atoms with Crippen LogP contribution in [0.1, 0.15) is 18.4 Å². The zero-order valence-electron chi connectivity index (χ0n) is 9.23. The van der Waals surface area contributed by atoms with Crippen molar-refractivity contribution in [2.24, 2.45) is 0 Å². The molecule has 0 amide bonds. The van der Waals surface area contributed by atoms with E-state index < -0.39 is 5.92 Å². The summed E-state index contributed by atoms with van der Waals surface area (Å²) in [6, 6.07) is 4.77. The van der Waals surface area contributed by atoms with Crippen molar-refractivity contribution in [3.63, 3.8) is 0 Å². The Hall–Kier alpha value is -0.300. The van der Waals surface area contributed by atoms with E-state index in [1.54, 1.807) is 17.0 Å². The molecule has 0 saturated carbocycles. The number of hydrogen-bond acceptors (Lipinski definition) is 1. The third-order valence-electron chi connectivity index (χ3n) is 2.87. The van der Waals surface area contributed by atoms with E-state index in [2.05, 4.69) is 22.6 Å². The van der Waals surface area contributed by atoms with Crippen molar-refractivity contribution in [2.75, 3.05) is 13.1 Å². The maximum absolute atomic E-state index is 13.5. The van der Waals surface area contributed by atoms with Crippen molar-refractivity contribution in [3.05, 3.63) is 33.1 Å². The lowest BCUT2D eigenvalue weighted by atomic mass is 10.1. The molecule has 0 unspecified atom stereocenters. The smallest absolute Gasteiger partial charge is 0.260 e. The summed E-state index contributed by atoms with van der Waals surface area (Å²) in [5.41, 5.74) is 0.495. The SMILES string of the molecule is Fc1ccc(I)cc1CN1CCCC(F)(F)C1. The van der Waals surface area contributed by atoms with Crippen LogP contribution >= 0.6 is 22.6 Å². The monoisotopic (exact) mass is 355 g/mol. The lowest BCUT2D eigenvalue weighted by molar-refractivity contribution is -0.0663. The van der Waals surface area contributed by atoms with Crippen LogP contribution in [0.5, 0.6) is 0 Å². The number of nitrogens with zero attached hydrogens (tertiary/aromatic N) is 1. The Morgan fingerprint density at radius 1 is 1.35 bits per heavy atom. The Kier molecular flexibility index (Phi) is 3.97. The Labute approximate surface area is 112 Å². The molecule has 1 heterocycles. The van der Waals surface area contributed by atoms with E-state index in [0.29, 0.717) is 18.5 Å². The van der Waals surface area contributed by atoms with Crippen molar-refractivity contribution >= 4 is 22.6 Å². The van der Waals surface area contributed by atoms with E-state index in [0.717, 1.165) is 3.57 Å². The predicted octanol–water partition coefficient (Wildman–Crippen LogP) is 3.66. The highest BCUT2D eigenvalue weighted by molar-refractivity contribution is 14.1. The van der Waals surface area contributed by atoms with Gasteiger partial charge in [-0.15, -0.1) is 0 Å². The third-order valence-corrected chi connectivity index (χ3v) is 3.54. The van der Waals surface area contributed by atoms with Gasteiger partial charge in [-0.3, -0.25) is 4.90 Å². The molecule has 1 fully saturated rings. The summed E-state index contributed by atoms with van der Waals surface area (Å²) in [7, 11) is 0. The molecule has 94 valence electrons. The summed E-state index contributed by atoms with van der Waals surface area (Å²) in [5, 5.41) is 0. The molecule has 0 bridgehead atoms. The van der Waals surface area contributed by atoms with E-state index >= 15 is 0 Å². The van der Waals surface area contributed by atoms with Gasteiger partial charge in [0.05, 0.1) is 6.54 Å². The van der Waals surface area contributed by atoms with Gasteiger partial charge in [0.15, 0.2) is 0 Å². The number of alkyl halides is 2. The molecular weight excluding hydrogens is 342 g/mol. The van der Waals surface area contributed by atoms with Crippen molar-refractivity contribution in [1.29, 1.82) is 0 Å². The molecule has 1 nitrogen and oxygen atoms in total. The maximum atomic E-state index is 13.5. The minimum Gasteiger partial charge on any atom is -0.293 e. The average molecular weight is 355 g/mol. The molecule has 1 aromatic rings. The molecule has 17 heavy (non-hydrogen) atoms. The van der Waals surface area contributed by atoms with Gasteiger partial charge in [0, 0.05) is 22.1 Å². The van der Waals surface area contributed by atoms with Gasteiger partial charge < -0.3 is 0 Å². The molecule has 0 aliphatic carbocycles. The van der Waals surface area contributed by atoms with Crippen molar-refractivity contribution in [2.45, 2.75) is 25.3 Å². The number of rotatable bonds is 2. The number of hydrogen-bond donors (Lipinski definition) is 0. The maximum Gasteiger partial charge on any atom is 0.260 e. The normalized spacial score (nSPS) is 20.5. The summed E-state index contributed by atoms with van der Waals surface area (Å²) < 4.78 is 40.8. The van der Waals surface area contributed by atoms with Gasteiger partial charge in [-0.05, 0) is 53.8 Å². The molecule has 0 radical (unpaired) electrons. The fourth-order valence-corrected chi connectivity index (χ4v) is 2.64. The second kappa shape index (κ2) is 5.14. The summed E-state index contributed by atoms with van der Waals surface area (Å²) in [6.07, 6.45) is 0.414. The second-order valence-corrected chi connectivity index (χ2v) is 5.65. The lowest BCUT2D eigenvalue weighted by Crippen LogP contribution is -2.42. The predicted molar refractivity (Wildman–Crippen MR) is 68.6 cm³/mol. The van der Waals surface area contributed by atoms with Gasteiger partial charge in [0.1, 0.15) is 5.82 Å². The van der Waals surface area contributed by atoms with Crippen molar-refractivity contribution < 1.29 is 13.2 Å². The highest BCUT2D eigenvalue weighted by Gasteiger charge is 2.35. The van der Waals surface area contributed by atoms with Gasteiger partial charge in [0.2, 0.25) is 0 Å². The molecule has 0 spiro atoms. The Morgan fingerprint density at radius 3 is 2.82 bits per heavy atom. The average Bonchev–Trinajstić information content (AvgIpc) is 2.22. The third kappa shape index (κ3) is 3.58. The van der Waals surface area contributed by atoms with E-state index in [-0.39, 0.29) is 25.3 Å². The first-order valence-electron chi connectivity index (χ1n) is 5.50. The highest BCUT2D eigenvalue weighted by atomic mass is 127. The van der Waals surface area contributed by atoms with Gasteiger partial charge in [-0.2, -0.15) is 0 Å². The number of benzene rings is 1. The molecule has 0 N–H and O–H groups in total. The summed E-state index contributed by atoms with van der Waals surface area (Å²) in [5.74, 6) is -2.95. The van der Waals surface area contributed by atoms with Gasteiger partial charge in [-0.1, -0.05) is 0 Å². The fraction of sp³-hybridized carbons (Fsp3) is 0.500. The Morgan fingerprint density at radius 2 is 2.12 bits per heavy atom. The number of piperidine rings is 1. The molecule has 1 saturated heterocycles. The standard InChI is InChI=1S/C12H13F3IN/c13-11-3-2-10(16)6-9(11)7-17-5-1-4-12(14,15)8-17/h2-3,6H,1,4-5,7-8H2. The molecular formula is C12H13F3IN. The van der Waals surface area contributed by atoms with Crippen molar-refractivity contribution in [3.8, 4) is 0 Å². The molecule has 1 aliphatic heterocycles. The van der Waals surface area contributed by atoms with Crippen LogP contribution in [-0.2, 0) is 6.54 Å². The van der Waals surface area contributed by atoms with Crippen LogP contribution in [0.15, 0.2) is 18.2 Å². The van der Waals surface area contributed by atoms with E-state index in [9.17, 15) is 13.2 Å². The molecule has 0 aromatic heterocycles. The molecule has 1 aromatic carbocycles. The number of halogens is 4. The first-order chi connectivity index (χ1) is 7.96. The first-order valence-corrected chi connectivity index (χ1v) is 6.58. The first kappa shape index (κ1) is 13.1. The topological polar surface area (TPSA) is 3.24 Å². The van der Waals surface area contributed by atoms with Crippen LogP contribution < -0.4 is 0 Å². The van der Waals surface area contributed by atoms with Crippen LogP contribution in [0.4, 0.5) is 13.2 Å². The second-order valence-electron chi connectivity index (χ2n) is 4.41. The molecule has 5 heteroatoms. The van der Waals surface area contributed by atoms with E-state index in [1.165, 1.54) is 6.07 Å². The van der Waals surface area contributed by atoms with Gasteiger partial charge >= 0.3 is 0 Å². The van der Waals surface area contributed by atoms with Crippen LogP contribution in [0.3, 0.4) is 0 Å². The van der Waals surface area contributed by atoms with Crippen LogP contribution in [0, 0.1) is 9.39 Å². The minimum atomic E-state index is -2.63. The van der Waals surface area contributed by atoms with E-state index in [1.807, 2.05) is 0 Å². The summed E-state index contributed by atoms with van der Waals surface area (Å²) >= 11 is 2.09. The quantitative estimate of drug-likeness (QED) is 0.732. The minimum absolute atomic E-state index is 0.0572. The summed E-state index contributed by atoms with van der Waals surface area (Å²) in [4.78, 5) is 1.62. The zero-order chi connectivity index (χ0) is 12.5.